The Hall–Kier alpha value is -2.36. The predicted octanol–water partition coefficient (Wildman–Crippen LogP) is 4.42. The summed E-state index contributed by atoms with van der Waals surface area (Å²) in [6.07, 6.45) is 8.13. The van der Waals surface area contributed by atoms with Gasteiger partial charge in [0.2, 0.25) is 0 Å². The van der Waals surface area contributed by atoms with Crippen LogP contribution >= 0.6 is 34.9 Å². The van der Waals surface area contributed by atoms with Crippen molar-refractivity contribution < 1.29 is 0 Å². The molecule has 5 aromatic rings. The third-order valence-corrected chi connectivity index (χ3v) is 7.16. The Balaban J connectivity index is 1.20. The molecule has 0 aromatic carbocycles. The number of hydrogen-bond acceptors (Lipinski definition) is 7. The molecule has 0 N–H and O–H groups in total. The molecule has 0 saturated carbocycles. The molecule has 0 aliphatic rings. The van der Waals surface area contributed by atoms with Crippen LogP contribution in [-0.2, 0) is 11.5 Å². The topological polar surface area (TPSA) is 60.4 Å². The molecule has 0 spiro atoms. The van der Waals surface area contributed by atoms with Crippen LogP contribution in [0.15, 0.2) is 69.9 Å². The fraction of sp³-hybridized carbons (Fsp3) is 0.111. The Morgan fingerprint density at radius 1 is 0.741 bits per heavy atom. The van der Waals surface area contributed by atoms with Gasteiger partial charge in [0.15, 0.2) is 8.68 Å². The summed E-state index contributed by atoms with van der Waals surface area (Å²) in [5, 5.41) is 8.58. The highest BCUT2D eigenvalue weighted by molar-refractivity contribution is 8.02. The Labute approximate surface area is 167 Å². The molecule has 9 heteroatoms. The van der Waals surface area contributed by atoms with Gasteiger partial charge in [-0.15, -0.1) is 10.2 Å². The third-order valence-electron chi connectivity index (χ3n) is 3.90. The molecule has 0 unspecified atom stereocenters. The lowest BCUT2D eigenvalue weighted by atomic mass is 10.5. The van der Waals surface area contributed by atoms with Crippen LogP contribution in [0.1, 0.15) is 11.4 Å². The lowest BCUT2D eigenvalue weighted by molar-refractivity contribution is 0.953. The molecule has 27 heavy (non-hydrogen) atoms. The fourth-order valence-corrected chi connectivity index (χ4v) is 5.49. The second kappa shape index (κ2) is 7.34. The molecule has 0 aliphatic heterocycles. The quantitative estimate of drug-likeness (QED) is 0.386. The van der Waals surface area contributed by atoms with E-state index in [0.717, 1.165) is 42.9 Å². The van der Waals surface area contributed by atoms with Gasteiger partial charge in [0, 0.05) is 36.3 Å². The first kappa shape index (κ1) is 16.8. The minimum absolute atomic E-state index is 0.785. The Morgan fingerprint density at radius 2 is 1.26 bits per heavy atom. The van der Waals surface area contributed by atoms with E-state index in [1.807, 2.05) is 57.6 Å². The Bertz CT molecular complexity index is 1050. The number of thioether (sulfide) groups is 2. The number of fused-ring (bicyclic) bond motifs is 2. The van der Waals surface area contributed by atoms with Gasteiger partial charge >= 0.3 is 0 Å². The van der Waals surface area contributed by atoms with E-state index < -0.39 is 0 Å². The first-order valence-corrected chi connectivity index (χ1v) is 11.1. The summed E-state index contributed by atoms with van der Waals surface area (Å²) in [5.74, 6) is 1.57. The molecule has 0 saturated heterocycles. The molecule has 0 bridgehead atoms. The third kappa shape index (κ3) is 3.71. The van der Waals surface area contributed by atoms with Crippen molar-refractivity contribution in [3.63, 3.8) is 0 Å². The molecule has 0 fully saturated rings. The van der Waals surface area contributed by atoms with Crippen LogP contribution in [-0.4, -0.2) is 29.0 Å². The summed E-state index contributed by atoms with van der Waals surface area (Å²) in [4.78, 5) is 9.23. The van der Waals surface area contributed by atoms with Gasteiger partial charge in [-0.2, -0.15) is 0 Å². The highest BCUT2D eigenvalue weighted by Gasteiger charge is 2.09. The highest BCUT2D eigenvalue weighted by Crippen LogP contribution is 2.32. The SMILES string of the molecule is c1ccn2cc(CSc3nnc(SCc4cn5ccccc5n4)s3)nc2c1. The normalized spacial score (nSPS) is 11.6. The Morgan fingerprint density at radius 3 is 1.74 bits per heavy atom. The van der Waals surface area contributed by atoms with Crippen LogP contribution in [0.25, 0.3) is 11.3 Å². The summed E-state index contributed by atoms with van der Waals surface area (Å²) in [6, 6.07) is 12.0. The van der Waals surface area contributed by atoms with Gasteiger partial charge in [0.25, 0.3) is 0 Å². The zero-order valence-electron chi connectivity index (χ0n) is 14.1. The van der Waals surface area contributed by atoms with E-state index in [-0.39, 0.29) is 0 Å². The Kier molecular flexibility index (Phi) is 4.56. The average Bonchev–Trinajstić information content (AvgIpc) is 3.41. The van der Waals surface area contributed by atoms with Gasteiger partial charge in [-0.25, -0.2) is 9.97 Å². The average molecular weight is 411 g/mol. The van der Waals surface area contributed by atoms with Gasteiger partial charge in [-0.05, 0) is 24.3 Å². The van der Waals surface area contributed by atoms with Gasteiger partial charge in [-0.1, -0.05) is 47.0 Å². The molecule has 0 atom stereocenters. The van der Waals surface area contributed by atoms with Crippen molar-refractivity contribution in [2.24, 2.45) is 0 Å². The largest absolute Gasteiger partial charge is 0.307 e. The van der Waals surface area contributed by atoms with Gasteiger partial charge in [0.1, 0.15) is 11.3 Å². The van der Waals surface area contributed by atoms with Crippen LogP contribution in [0.2, 0.25) is 0 Å². The molecular formula is C18H14N6S3. The zero-order valence-corrected chi connectivity index (χ0v) is 16.5. The molecule has 0 aliphatic carbocycles. The van der Waals surface area contributed by atoms with E-state index in [1.165, 1.54) is 0 Å². The fourth-order valence-electron chi connectivity index (χ4n) is 2.70. The van der Waals surface area contributed by atoms with Crippen LogP contribution in [0.4, 0.5) is 0 Å². The van der Waals surface area contributed by atoms with E-state index in [1.54, 1.807) is 34.9 Å². The smallest absolute Gasteiger partial charge is 0.175 e. The van der Waals surface area contributed by atoms with Crippen LogP contribution < -0.4 is 0 Å². The van der Waals surface area contributed by atoms with Gasteiger partial charge in [-0.3, -0.25) is 0 Å². The zero-order chi connectivity index (χ0) is 18.1. The van der Waals surface area contributed by atoms with E-state index >= 15 is 0 Å². The van der Waals surface area contributed by atoms with Gasteiger partial charge in [0.05, 0.1) is 11.4 Å². The number of imidazole rings is 2. The summed E-state index contributed by atoms with van der Waals surface area (Å²) in [6.45, 7) is 0. The molecule has 0 amide bonds. The molecule has 5 aromatic heterocycles. The number of nitrogens with zero attached hydrogens (tertiary/aromatic N) is 6. The van der Waals surface area contributed by atoms with Crippen molar-refractivity contribution in [1.29, 1.82) is 0 Å². The lowest BCUT2D eigenvalue weighted by Crippen LogP contribution is -1.80. The van der Waals surface area contributed by atoms with E-state index in [4.69, 9.17) is 0 Å². The maximum atomic E-state index is 4.61. The second-order valence-electron chi connectivity index (χ2n) is 5.81. The van der Waals surface area contributed by atoms with Crippen LogP contribution in [0.5, 0.6) is 0 Å². The maximum Gasteiger partial charge on any atom is 0.175 e. The molecular weight excluding hydrogens is 396 g/mol. The molecule has 5 heterocycles. The molecule has 6 nitrogen and oxygen atoms in total. The second-order valence-corrected chi connectivity index (χ2v) is 9.23. The van der Waals surface area contributed by atoms with E-state index in [2.05, 4.69) is 32.6 Å². The van der Waals surface area contributed by atoms with Crippen molar-refractivity contribution in [3.05, 3.63) is 72.6 Å². The minimum Gasteiger partial charge on any atom is -0.307 e. The monoisotopic (exact) mass is 410 g/mol. The predicted molar refractivity (Wildman–Crippen MR) is 109 cm³/mol. The standard InChI is InChI=1S/C18H14N6S3/c1-3-7-23-9-13(19-15(23)5-1)11-25-17-21-22-18(27-17)26-12-14-10-24-8-4-2-6-16(24)20-14/h1-10H,11-12H2. The van der Waals surface area contributed by atoms with Crippen molar-refractivity contribution in [1.82, 2.24) is 29.0 Å². The number of hydrogen-bond donors (Lipinski definition) is 0. The lowest BCUT2D eigenvalue weighted by Gasteiger charge is -1.92. The number of aromatic nitrogens is 6. The van der Waals surface area contributed by atoms with Crippen molar-refractivity contribution in [2.75, 3.05) is 0 Å². The molecule has 5 rings (SSSR count). The van der Waals surface area contributed by atoms with Crippen molar-refractivity contribution in [2.45, 2.75) is 20.2 Å². The van der Waals surface area contributed by atoms with Gasteiger partial charge < -0.3 is 8.80 Å². The summed E-state index contributed by atoms with van der Waals surface area (Å²) >= 11 is 4.96. The van der Waals surface area contributed by atoms with Crippen LogP contribution in [0, 0.1) is 0 Å². The number of rotatable bonds is 6. The van der Waals surface area contributed by atoms with Crippen LogP contribution in [0.3, 0.4) is 0 Å². The first-order chi connectivity index (χ1) is 13.3. The maximum absolute atomic E-state index is 4.61. The molecule has 134 valence electrons. The summed E-state index contributed by atoms with van der Waals surface area (Å²) < 4.78 is 5.99. The van der Waals surface area contributed by atoms with Crippen molar-refractivity contribution in [3.8, 4) is 0 Å². The summed E-state index contributed by atoms with van der Waals surface area (Å²) in [7, 11) is 0. The molecule has 0 radical (unpaired) electrons. The highest BCUT2D eigenvalue weighted by atomic mass is 32.2. The van der Waals surface area contributed by atoms with E-state index in [0.29, 0.717) is 0 Å². The minimum atomic E-state index is 0.785. The van der Waals surface area contributed by atoms with E-state index in [9.17, 15) is 0 Å². The van der Waals surface area contributed by atoms with Crippen molar-refractivity contribution >= 4 is 46.2 Å². The first-order valence-electron chi connectivity index (χ1n) is 8.28. The summed E-state index contributed by atoms with van der Waals surface area (Å²) in [5.41, 5.74) is 4.02. The number of pyridine rings is 2.